The first kappa shape index (κ1) is 19.5. The van der Waals surface area contributed by atoms with E-state index in [1.54, 1.807) is 24.4 Å². The molecule has 0 bridgehead atoms. The van der Waals surface area contributed by atoms with E-state index in [0.29, 0.717) is 36.6 Å². The third kappa shape index (κ3) is 4.54. The second-order valence-electron chi connectivity index (χ2n) is 6.89. The molecule has 1 aromatic carbocycles. The topological polar surface area (TPSA) is 79.4 Å². The van der Waals surface area contributed by atoms with Crippen molar-refractivity contribution < 1.29 is 13.2 Å². The summed E-state index contributed by atoms with van der Waals surface area (Å²) in [6.07, 6.45) is 3.58. The summed E-state index contributed by atoms with van der Waals surface area (Å²) in [5.74, 6) is 0.217. The Bertz CT molecular complexity index is 885. The van der Waals surface area contributed by atoms with E-state index in [9.17, 15) is 13.2 Å². The molecular weight excluding hydrogens is 362 g/mol. The number of rotatable bonds is 5. The van der Waals surface area contributed by atoms with E-state index in [1.807, 2.05) is 32.0 Å². The lowest BCUT2D eigenvalue weighted by atomic mass is 9.97. The van der Waals surface area contributed by atoms with E-state index < -0.39 is 10.0 Å². The van der Waals surface area contributed by atoms with Crippen molar-refractivity contribution in [2.24, 2.45) is 5.92 Å². The predicted octanol–water partition coefficient (Wildman–Crippen LogP) is 2.99. The molecule has 1 aliphatic heterocycles. The van der Waals surface area contributed by atoms with E-state index in [2.05, 4.69) is 10.3 Å². The largest absolute Gasteiger partial charge is 0.310 e. The molecule has 2 heterocycles. The van der Waals surface area contributed by atoms with Gasteiger partial charge in [-0.1, -0.05) is 25.1 Å². The number of benzene rings is 1. The van der Waals surface area contributed by atoms with Crippen LogP contribution in [-0.2, 0) is 21.2 Å². The molecule has 27 heavy (non-hydrogen) atoms. The molecule has 1 amide bonds. The Morgan fingerprint density at radius 2 is 1.81 bits per heavy atom. The van der Waals surface area contributed by atoms with E-state index >= 15 is 0 Å². The summed E-state index contributed by atoms with van der Waals surface area (Å²) < 4.78 is 27.1. The van der Waals surface area contributed by atoms with Gasteiger partial charge in [0.1, 0.15) is 5.82 Å². The molecule has 1 fully saturated rings. The summed E-state index contributed by atoms with van der Waals surface area (Å²) in [5, 5.41) is 2.82. The summed E-state index contributed by atoms with van der Waals surface area (Å²) in [6, 6.07) is 10.7. The first-order valence-electron chi connectivity index (χ1n) is 9.22. The van der Waals surface area contributed by atoms with Crippen molar-refractivity contribution in [2.75, 3.05) is 18.4 Å². The maximum atomic E-state index is 12.8. The molecule has 0 aliphatic carbocycles. The van der Waals surface area contributed by atoms with Gasteiger partial charge in [-0.25, -0.2) is 13.4 Å². The van der Waals surface area contributed by atoms with Crippen LogP contribution < -0.4 is 5.32 Å². The van der Waals surface area contributed by atoms with Gasteiger partial charge < -0.3 is 5.32 Å². The van der Waals surface area contributed by atoms with Crippen LogP contribution in [-0.4, -0.2) is 36.7 Å². The number of pyridine rings is 1. The number of amides is 1. The van der Waals surface area contributed by atoms with Gasteiger partial charge in [-0.3, -0.25) is 4.79 Å². The highest BCUT2D eigenvalue weighted by atomic mass is 32.2. The number of piperidine rings is 1. The number of aromatic nitrogens is 1. The Morgan fingerprint density at radius 1 is 1.15 bits per heavy atom. The van der Waals surface area contributed by atoms with Crippen LogP contribution in [0.1, 0.15) is 30.9 Å². The van der Waals surface area contributed by atoms with Crippen LogP contribution in [0.4, 0.5) is 5.82 Å². The van der Waals surface area contributed by atoms with Gasteiger partial charge in [-0.05, 0) is 55.5 Å². The lowest BCUT2D eigenvalue weighted by molar-refractivity contribution is -0.120. The van der Waals surface area contributed by atoms with E-state index in [0.717, 1.165) is 17.5 Å². The zero-order valence-corrected chi connectivity index (χ0v) is 16.5. The molecule has 1 saturated heterocycles. The maximum absolute atomic E-state index is 12.8. The van der Waals surface area contributed by atoms with E-state index in [4.69, 9.17) is 0 Å². The van der Waals surface area contributed by atoms with Gasteiger partial charge in [0.05, 0.1) is 4.90 Å². The minimum Gasteiger partial charge on any atom is -0.310 e. The lowest BCUT2D eigenvalue weighted by Gasteiger charge is -2.30. The molecule has 7 heteroatoms. The van der Waals surface area contributed by atoms with E-state index in [-0.39, 0.29) is 11.8 Å². The van der Waals surface area contributed by atoms with Crippen LogP contribution in [0.5, 0.6) is 0 Å². The smallest absolute Gasteiger partial charge is 0.243 e. The standard InChI is InChI=1S/C20H25N3O3S/c1-3-16-5-7-18(8-6-16)27(25,26)23-12-10-17(11-13-23)20(24)22-19-9-4-15(2)14-21-19/h4-9,14,17H,3,10-13H2,1-2H3,(H,21,22,24). The molecule has 144 valence electrons. The highest BCUT2D eigenvalue weighted by Crippen LogP contribution is 2.25. The first-order chi connectivity index (χ1) is 12.9. The van der Waals surface area contributed by atoms with Crippen LogP contribution >= 0.6 is 0 Å². The number of anilines is 1. The van der Waals surface area contributed by atoms with Crippen LogP contribution in [0.25, 0.3) is 0 Å². The number of nitrogens with zero attached hydrogens (tertiary/aromatic N) is 2. The fraction of sp³-hybridized carbons (Fsp3) is 0.400. The molecule has 3 rings (SSSR count). The number of carbonyl (C=O) groups is 1. The molecular formula is C20H25N3O3S. The fourth-order valence-corrected chi connectivity index (χ4v) is 4.64. The second kappa shape index (κ2) is 8.19. The molecule has 0 spiro atoms. The maximum Gasteiger partial charge on any atom is 0.243 e. The summed E-state index contributed by atoms with van der Waals surface area (Å²) in [7, 11) is -3.51. The van der Waals surface area contributed by atoms with Crippen molar-refractivity contribution >= 4 is 21.7 Å². The zero-order chi connectivity index (χ0) is 19.4. The van der Waals surface area contributed by atoms with Crippen LogP contribution in [0.15, 0.2) is 47.5 Å². The molecule has 0 saturated carbocycles. The van der Waals surface area contributed by atoms with Crippen molar-refractivity contribution in [3.8, 4) is 0 Å². The second-order valence-corrected chi connectivity index (χ2v) is 8.82. The van der Waals surface area contributed by atoms with E-state index in [1.165, 1.54) is 4.31 Å². The Balaban J connectivity index is 1.60. The highest BCUT2D eigenvalue weighted by molar-refractivity contribution is 7.89. The fourth-order valence-electron chi connectivity index (χ4n) is 3.17. The third-order valence-electron chi connectivity index (χ3n) is 4.96. The third-order valence-corrected chi connectivity index (χ3v) is 6.87. The number of aryl methyl sites for hydroxylation is 2. The average Bonchev–Trinajstić information content (AvgIpc) is 2.70. The van der Waals surface area contributed by atoms with Gasteiger partial charge in [-0.2, -0.15) is 4.31 Å². The van der Waals surface area contributed by atoms with Gasteiger partial charge in [-0.15, -0.1) is 0 Å². The van der Waals surface area contributed by atoms with Crippen molar-refractivity contribution in [1.29, 1.82) is 0 Å². The van der Waals surface area contributed by atoms with Crippen molar-refractivity contribution in [1.82, 2.24) is 9.29 Å². The predicted molar refractivity (Wildman–Crippen MR) is 105 cm³/mol. The Morgan fingerprint density at radius 3 is 2.37 bits per heavy atom. The number of hydrogen-bond donors (Lipinski definition) is 1. The molecule has 1 aromatic heterocycles. The van der Waals surface area contributed by atoms with Gasteiger partial charge in [0.2, 0.25) is 15.9 Å². The minimum atomic E-state index is -3.51. The van der Waals surface area contributed by atoms with Gasteiger partial charge >= 0.3 is 0 Å². The zero-order valence-electron chi connectivity index (χ0n) is 15.7. The van der Waals surface area contributed by atoms with Crippen molar-refractivity contribution in [3.63, 3.8) is 0 Å². The average molecular weight is 388 g/mol. The normalized spacial score (nSPS) is 16.2. The monoisotopic (exact) mass is 387 g/mol. The van der Waals surface area contributed by atoms with Gasteiger partial charge in [0.15, 0.2) is 0 Å². The molecule has 6 nitrogen and oxygen atoms in total. The molecule has 0 atom stereocenters. The van der Waals surface area contributed by atoms with Crippen LogP contribution in [0.3, 0.4) is 0 Å². The summed E-state index contributed by atoms with van der Waals surface area (Å²) in [6.45, 7) is 4.66. The minimum absolute atomic E-state index is 0.101. The Hall–Kier alpha value is -2.25. The van der Waals surface area contributed by atoms with Gasteiger partial charge in [0, 0.05) is 25.2 Å². The van der Waals surface area contributed by atoms with Crippen molar-refractivity contribution in [2.45, 2.75) is 38.0 Å². The summed E-state index contributed by atoms with van der Waals surface area (Å²) in [4.78, 5) is 16.9. The molecule has 0 radical (unpaired) electrons. The molecule has 2 aromatic rings. The molecule has 0 unspecified atom stereocenters. The molecule has 1 aliphatic rings. The van der Waals surface area contributed by atoms with Crippen LogP contribution in [0.2, 0.25) is 0 Å². The number of hydrogen-bond acceptors (Lipinski definition) is 4. The Labute approximate surface area is 160 Å². The number of nitrogens with one attached hydrogen (secondary N) is 1. The van der Waals surface area contributed by atoms with Crippen LogP contribution in [0, 0.1) is 12.8 Å². The molecule has 1 N–H and O–H groups in total. The number of sulfonamides is 1. The van der Waals surface area contributed by atoms with Crippen molar-refractivity contribution in [3.05, 3.63) is 53.7 Å². The lowest BCUT2D eigenvalue weighted by Crippen LogP contribution is -2.41. The SMILES string of the molecule is CCc1ccc(S(=O)(=O)N2CCC(C(=O)Nc3ccc(C)cn3)CC2)cc1. The quantitative estimate of drug-likeness (QED) is 0.855. The summed E-state index contributed by atoms with van der Waals surface area (Å²) >= 11 is 0. The Kier molecular flexibility index (Phi) is 5.92. The highest BCUT2D eigenvalue weighted by Gasteiger charge is 2.32. The van der Waals surface area contributed by atoms with Gasteiger partial charge in [0.25, 0.3) is 0 Å². The first-order valence-corrected chi connectivity index (χ1v) is 10.7. The summed E-state index contributed by atoms with van der Waals surface area (Å²) in [5.41, 5.74) is 2.13. The number of carbonyl (C=O) groups excluding carboxylic acids is 1.